The average Bonchev–Trinajstić information content (AvgIpc) is 3.11. The van der Waals surface area contributed by atoms with Crippen molar-refractivity contribution in [1.82, 2.24) is 25.8 Å². The number of nitrogens with zero attached hydrogens (tertiary/aromatic N) is 2. The molecule has 1 aromatic rings. The summed E-state index contributed by atoms with van der Waals surface area (Å²) in [7, 11) is 3.59. The van der Waals surface area contributed by atoms with E-state index in [0.29, 0.717) is 24.3 Å². The van der Waals surface area contributed by atoms with E-state index in [1.807, 2.05) is 7.05 Å². The van der Waals surface area contributed by atoms with Gasteiger partial charge < -0.3 is 26.6 Å². The van der Waals surface area contributed by atoms with Gasteiger partial charge in [0.2, 0.25) is 5.91 Å². The number of primary amides is 1. The molecule has 166 valence electrons. The molecular weight excluding hydrogens is 432 g/mol. The number of aromatic nitrogens is 1. The Hall–Kier alpha value is -2.24. The summed E-state index contributed by atoms with van der Waals surface area (Å²) in [4.78, 5) is 55.5. The predicted octanol–water partition coefficient (Wildman–Crippen LogP) is -0.833. The maximum absolute atomic E-state index is 12.8. The largest absolute Gasteiger partial charge is 0.361 e. The molecule has 12 heteroatoms. The smallest absolute Gasteiger partial charge is 0.309 e. The van der Waals surface area contributed by atoms with Gasteiger partial charge in [0.25, 0.3) is 5.91 Å². The van der Waals surface area contributed by atoms with Gasteiger partial charge in [0.05, 0.1) is 11.7 Å². The monoisotopic (exact) mass is 458 g/mol. The molecule has 2 aliphatic rings. The van der Waals surface area contributed by atoms with E-state index in [-0.39, 0.29) is 30.1 Å². The third-order valence-corrected chi connectivity index (χ3v) is 6.52. The molecule has 1 saturated carbocycles. The number of likely N-dealkylation sites (N-methyl/N-ethyl adjacent to an activating group) is 1. The maximum Gasteiger partial charge on any atom is 0.309 e. The Morgan fingerprint density at radius 1 is 1.17 bits per heavy atom. The highest BCUT2D eigenvalue weighted by Gasteiger charge is 2.36. The third kappa shape index (κ3) is 5.46. The van der Waals surface area contributed by atoms with Gasteiger partial charge in [0.1, 0.15) is 0 Å². The van der Waals surface area contributed by atoms with E-state index >= 15 is 0 Å². The van der Waals surface area contributed by atoms with Crippen molar-refractivity contribution in [2.75, 3.05) is 20.6 Å². The van der Waals surface area contributed by atoms with Crippen LogP contribution in [0, 0.1) is 5.92 Å². The highest BCUT2D eigenvalue weighted by molar-refractivity contribution is 7.13. The van der Waals surface area contributed by atoms with E-state index in [1.54, 1.807) is 7.05 Å². The van der Waals surface area contributed by atoms with Crippen LogP contribution in [0.2, 0.25) is 0 Å². The molecule has 0 radical (unpaired) electrons. The molecule has 1 aliphatic heterocycles. The first-order valence-corrected chi connectivity index (χ1v) is 10.4. The molecule has 30 heavy (non-hydrogen) atoms. The highest BCUT2D eigenvalue weighted by atomic mass is 35.5. The maximum atomic E-state index is 12.8. The molecule has 3 atom stereocenters. The number of fused-ring (bicyclic) bond motifs is 1. The van der Waals surface area contributed by atoms with E-state index in [0.717, 1.165) is 30.1 Å². The van der Waals surface area contributed by atoms with Gasteiger partial charge in [-0.15, -0.1) is 23.7 Å². The normalized spacial score (nSPS) is 23.5. The molecule has 10 nitrogen and oxygen atoms in total. The zero-order valence-electron chi connectivity index (χ0n) is 16.9. The van der Waals surface area contributed by atoms with E-state index < -0.39 is 23.9 Å². The fourth-order valence-corrected chi connectivity index (χ4v) is 4.93. The lowest BCUT2D eigenvalue weighted by Crippen LogP contribution is -2.57. The Balaban J connectivity index is 0.00000320. The fraction of sp³-hybridized carbons (Fsp3) is 0.611. The summed E-state index contributed by atoms with van der Waals surface area (Å²) >= 11 is 1.36. The van der Waals surface area contributed by atoms with Gasteiger partial charge in [0.15, 0.2) is 5.01 Å². The minimum Gasteiger partial charge on any atom is -0.361 e. The van der Waals surface area contributed by atoms with E-state index in [2.05, 4.69) is 25.8 Å². The number of carbonyl (C=O) groups is 4. The number of carbonyl (C=O) groups excluding carboxylic acids is 4. The van der Waals surface area contributed by atoms with Crippen LogP contribution in [0.25, 0.3) is 0 Å². The van der Waals surface area contributed by atoms with Crippen molar-refractivity contribution in [1.29, 1.82) is 0 Å². The summed E-state index contributed by atoms with van der Waals surface area (Å²) in [5, 5.41) is 8.47. The zero-order valence-corrected chi connectivity index (χ0v) is 18.5. The van der Waals surface area contributed by atoms with Crippen LogP contribution in [0.5, 0.6) is 0 Å². The van der Waals surface area contributed by atoms with Crippen molar-refractivity contribution in [3.63, 3.8) is 0 Å². The second-order valence-corrected chi connectivity index (χ2v) is 8.61. The molecule has 1 aromatic heterocycles. The quantitative estimate of drug-likeness (QED) is 0.433. The topological polar surface area (TPSA) is 147 Å². The molecule has 4 amide bonds. The van der Waals surface area contributed by atoms with Crippen LogP contribution >= 0.6 is 23.7 Å². The van der Waals surface area contributed by atoms with Crippen molar-refractivity contribution < 1.29 is 19.2 Å². The van der Waals surface area contributed by atoms with Crippen molar-refractivity contribution >= 4 is 47.4 Å². The Bertz CT molecular complexity index is 832. The summed E-state index contributed by atoms with van der Waals surface area (Å²) in [5.41, 5.74) is 5.99. The first-order chi connectivity index (χ1) is 13.8. The number of halogens is 1. The van der Waals surface area contributed by atoms with Gasteiger partial charge in [-0.2, -0.15) is 0 Å². The molecular formula is C18H27ClN6O4S. The first kappa shape index (κ1) is 24.0. The Morgan fingerprint density at radius 2 is 1.90 bits per heavy atom. The van der Waals surface area contributed by atoms with Crippen LogP contribution in [0.4, 0.5) is 0 Å². The van der Waals surface area contributed by atoms with Crippen LogP contribution in [-0.4, -0.2) is 66.2 Å². The molecule has 0 bridgehead atoms. The lowest BCUT2D eigenvalue weighted by Gasteiger charge is -2.35. The Kier molecular flexibility index (Phi) is 8.16. The lowest BCUT2D eigenvalue weighted by molar-refractivity contribution is -0.138. The summed E-state index contributed by atoms with van der Waals surface area (Å²) in [6, 6.07) is -0.994. The van der Waals surface area contributed by atoms with Crippen molar-refractivity contribution in [3.05, 3.63) is 15.6 Å². The predicted molar refractivity (Wildman–Crippen MR) is 113 cm³/mol. The van der Waals surface area contributed by atoms with Gasteiger partial charge in [0, 0.05) is 43.4 Å². The number of rotatable bonds is 4. The number of amides is 4. The van der Waals surface area contributed by atoms with Crippen molar-refractivity contribution in [3.8, 4) is 0 Å². The molecule has 1 fully saturated rings. The van der Waals surface area contributed by atoms with Crippen molar-refractivity contribution in [2.24, 2.45) is 11.7 Å². The SMILES string of the molecule is CNC(=O)[C@H]1CC[C@H](NC(=O)C(N)=O)[C@H](NC(=O)c2nc3c(s2)CN(C)CC3)C1.Cl. The number of hydrogen-bond donors (Lipinski definition) is 4. The number of nitrogens with two attached hydrogens (primary N) is 1. The standard InChI is InChI=1S/C18H26N6O4S.ClH/c1-20-15(26)9-3-4-10(21-16(27)14(19)25)12(7-9)22-17(28)18-23-11-5-6-24(2)8-13(11)29-18;/h9-10,12H,3-8H2,1-2H3,(H2,19,25)(H,20,26)(H,21,27)(H,22,28);1H/t9-,10-,12+;/m0./s1. The molecule has 1 aliphatic carbocycles. The van der Waals surface area contributed by atoms with Gasteiger partial charge in [-0.25, -0.2) is 4.98 Å². The second kappa shape index (κ2) is 10.2. The summed E-state index contributed by atoms with van der Waals surface area (Å²) in [6.45, 7) is 1.66. The second-order valence-electron chi connectivity index (χ2n) is 7.53. The molecule has 0 saturated heterocycles. The van der Waals surface area contributed by atoms with Crippen LogP contribution < -0.4 is 21.7 Å². The molecule has 0 spiro atoms. The van der Waals surface area contributed by atoms with Crippen LogP contribution in [0.3, 0.4) is 0 Å². The first-order valence-electron chi connectivity index (χ1n) is 9.58. The molecule has 3 rings (SSSR count). The van der Waals surface area contributed by atoms with Crippen molar-refractivity contribution in [2.45, 2.75) is 44.3 Å². The summed E-state index contributed by atoms with van der Waals surface area (Å²) in [6.07, 6.45) is 2.13. The summed E-state index contributed by atoms with van der Waals surface area (Å²) in [5.74, 6) is -2.73. The van der Waals surface area contributed by atoms with Gasteiger partial charge in [-0.3, -0.25) is 19.2 Å². The molecule has 0 aromatic carbocycles. The fourth-order valence-electron chi connectivity index (χ4n) is 3.84. The van der Waals surface area contributed by atoms with E-state index in [1.165, 1.54) is 11.3 Å². The van der Waals surface area contributed by atoms with E-state index in [9.17, 15) is 19.2 Å². The van der Waals surface area contributed by atoms with Gasteiger partial charge >= 0.3 is 11.8 Å². The average molecular weight is 459 g/mol. The third-order valence-electron chi connectivity index (χ3n) is 5.44. The number of thiazole rings is 1. The minimum absolute atomic E-state index is 0. The van der Waals surface area contributed by atoms with E-state index in [4.69, 9.17) is 5.73 Å². The Labute approximate surface area is 184 Å². The minimum atomic E-state index is -1.08. The van der Waals surface area contributed by atoms with Gasteiger partial charge in [-0.05, 0) is 26.3 Å². The molecule has 2 heterocycles. The molecule has 0 unspecified atom stereocenters. The highest BCUT2D eigenvalue weighted by Crippen LogP contribution is 2.27. The van der Waals surface area contributed by atoms with Gasteiger partial charge in [-0.1, -0.05) is 0 Å². The number of hydrogen-bond acceptors (Lipinski definition) is 7. The molecule has 5 N–H and O–H groups in total. The summed E-state index contributed by atoms with van der Waals surface area (Å²) < 4.78 is 0. The van der Waals surface area contributed by atoms with Crippen LogP contribution in [0.15, 0.2) is 0 Å². The Morgan fingerprint density at radius 3 is 2.57 bits per heavy atom. The zero-order chi connectivity index (χ0) is 21.1. The number of nitrogens with one attached hydrogen (secondary N) is 3. The lowest BCUT2D eigenvalue weighted by atomic mass is 9.81. The van der Waals surface area contributed by atoms with Crippen LogP contribution in [-0.2, 0) is 27.3 Å². The van der Waals surface area contributed by atoms with Crippen LogP contribution in [0.1, 0.15) is 39.6 Å².